The van der Waals surface area contributed by atoms with Crippen molar-refractivity contribution in [2.75, 3.05) is 26.2 Å². The van der Waals surface area contributed by atoms with Gasteiger partial charge >= 0.3 is 0 Å². The van der Waals surface area contributed by atoms with Crippen molar-refractivity contribution in [3.63, 3.8) is 0 Å². The Morgan fingerprint density at radius 1 is 1.32 bits per heavy atom. The Labute approximate surface area is 112 Å². The summed E-state index contributed by atoms with van der Waals surface area (Å²) in [5.74, 6) is -0.177. The molecule has 2 rings (SSSR count). The van der Waals surface area contributed by atoms with E-state index in [1.807, 2.05) is 0 Å². The third-order valence-corrected chi connectivity index (χ3v) is 3.49. The van der Waals surface area contributed by atoms with Gasteiger partial charge in [-0.3, -0.25) is 4.79 Å². The number of hydrogen-bond donors (Lipinski definition) is 1. The largest absolute Gasteiger partial charge is 0.353 e. The fourth-order valence-electron chi connectivity index (χ4n) is 2.23. The molecule has 0 aliphatic carbocycles. The zero-order chi connectivity index (χ0) is 13.7. The average Bonchev–Trinajstić information content (AvgIpc) is 2.89. The van der Waals surface area contributed by atoms with Gasteiger partial charge in [-0.15, -0.1) is 0 Å². The van der Waals surface area contributed by atoms with Gasteiger partial charge in [-0.1, -0.05) is 0 Å². The van der Waals surface area contributed by atoms with Gasteiger partial charge in [0.2, 0.25) is 5.91 Å². The zero-order valence-corrected chi connectivity index (χ0v) is 11.2. The van der Waals surface area contributed by atoms with Gasteiger partial charge in [-0.05, 0) is 12.8 Å². The van der Waals surface area contributed by atoms with Gasteiger partial charge in [-0.25, -0.2) is 4.39 Å². The Kier molecular flexibility index (Phi) is 4.47. The van der Waals surface area contributed by atoms with Crippen LogP contribution in [0.4, 0.5) is 4.39 Å². The molecule has 1 aliphatic heterocycles. The average molecular weight is 269 g/mol. The van der Waals surface area contributed by atoms with E-state index < -0.39 is 5.67 Å². The minimum Gasteiger partial charge on any atom is -0.353 e. The van der Waals surface area contributed by atoms with Crippen LogP contribution in [-0.4, -0.2) is 57.6 Å². The van der Waals surface area contributed by atoms with E-state index in [-0.39, 0.29) is 12.5 Å². The van der Waals surface area contributed by atoms with Gasteiger partial charge in [0.05, 0.1) is 25.5 Å². The van der Waals surface area contributed by atoms with Crippen LogP contribution in [0.5, 0.6) is 0 Å². The van der Waals surface area contributed by atoms with Gasteiger partial charge in [0.25, 0.3) is 0 Å². The van der Waals surface area contributed by atoms with Crippen molar-refractivity contribution < 1.29 is 9.18 Å². The first kappa shape index (κ1) is 13.9. The first-order valence-corrected chi connectivity index (χ1v) is 6.57. The Bertz CT molecular complexity index is 400. The SMILES string of the molecule is CC(=O)NCC1(F)CCN(CCn2nccn2)CC1. The number of nitrogens with zero attached hydrogens (tertiary/aromatic N) is 4. The summed E-state index contributed by atoms with van der Waals surface area (Å²) < 4.78 is 14.3. The molecular formula is C12H20FN5O. The summed E-state index contributed by atoms with van der Waals surface area (Å²) in [7, 11) is 0. The summed E-state index contributed by atoms with van der Waals surface area (Å²) >= 11 is 0. The van der Waals surface area contributed by atoms with E-state index in [1.165, 1.54) is 6.92 Å². The molecule has 1 aliphatic rings. The van der Waals surface area contributed by atoms with Crippen LogP contribution >= 0.6 is 0 Å². The van der Waals surface area contributed by atoms with E-state index in [2.05, 4.69) is 20.4 Å². The molecule has 1 fully saturated rings. The van der Waals surface area contributed by atoms with Gasteiger partial charge in [0.1, 0.15) is 5.67 Å². The summed E-state index contributed by atoms with van der Waals surface area (Å²) in [6.45, 7) is 4.49. The molecule has 1 aromatic rings. The molecule has 106 valence electrons. The minimum absolute atomic E-state index is 0.122. The number of carbonyl (C=O) groups is 1. The number of piperidine rings is 1. The fourth-order valence-corrected chi connectivity index (χ4v) is 2.23. The number of alkyl halides is 1. The van der Waals surface area contributed by atoms with Gasteiger partial charge in [0.15, 0.2) is 0 Å². The highest BCUT2D eigenvalue weighted by atomic mass is 19.1. The van der Waals surface area contributed by atoms with Crippen LogP contribution < -0.4 is 5.32 Å². The van der Waals surface area contributed by atoms with Crippen LogP contribution in [0.2, 0.25) is 0 Å². The molecular weight excluding hydrogens is 249 g/mol. The molecule has 19 heavy (non-hydrogen) atoms. The number of nitrogens with one attached hydrogen (secondary N) is 1. The molecule has 0 radical (unpaired) electrons. The molecule has 1 saturated heterocycles. The van der Waals surface area contributed by atoms with Crippen molar-refractivity contribution >= 4 is 5.91 Å². The van der Waals surface area contributed by atoms with Crippen molar-refractivity contribution in [2.24, 2.45) is 0 Å². The standard InChI is InChI=1S/C12H20FN5O/c1-11(19)14-10-12(13)2-6-17(7-3-12)8-9-18-15-4-5-16-18/h4-5H,2-3,6-10H2,1H3,(H,14,19). The lowest BCUT2D eigenvalue weighted by Gasteiger charge is -2.36. The number of amides is 1. The number of rotatable bonds is 5. The zero-order valence-electron chi connectivity index (χ0n) is 11.2. The maximum Gasteiger partial charge on any atom is 0.216 e. The quantitative estimate of drug-likeness (QED) is 0.830. The lowest BCUT2D eigenvalue weighted by Crippen LogP contribution is -2.48. The van der Waals surface area contributed by atoms with Gasteiger partial charge in [-0.2, -0.15) is 15.0 Å². The Hall–Kier alpha value is -1.50. The van der Waals surface area contributed by atoms with E-state index in [1.54, 1.807) is 17.2 Å². The summed E-state index contributed by atoms with van der Waals surface area (Å²) in [5.41, 5.74) is -1.26. The fraction of sp³-hybridized carbons (Fsp3) is 0.750. The van der Waals surface area contributed by atoms with E-state index >= 15 is 0 Å². The van der Waals surface area contributed by atoms with Crippen LogP contribution in [-0.2, 0) is 11.3 Å². The van der Waals surface area contributed by atoms with Crippen molar-refractivity contribution in [3.8, 4) is 0 Å². The Balaban J connectivity index is 1.71. The molecule has 0 saturated carbocycles. The maximum atomic E-state index is 14.3. The van der Waals surface area contributed by atoms with Gasteiger partial charge in [0, 0.05) is 26.6 Å². The second-order valence-electron chi connectivity index (χ2n) is 5.03. The molecule has 0 spiro atoms. The summed E-state index contributed by atoms with van der Waals surface area (Å²) in [6.07, 6.45) is 4.21. The molecule has 0 unspecified atom stereocenters. The first-order chi connectivity index (χ1) is 9.07. The number of hydrogen-bond acceptors (Lipinski definition) is 4. The van der Waals surface area contributed by atoms with Crippen LogP contribution in [0.3, 0.4) is 0 Å². The second-order valence-corrected chi connectivity index (χ2v) is 5.03. The van der Waals surface area contributed by atoms with Crippen LogP contribution in [0.1, 0.15) is 19.8 Å². The van der Waals surface area contributed by atoms with Crippen molar-refractivity contribution in [3.05, 3.63) is 12.4 Å². The topological polar surface area (TPSA) is 63.1 Å². The van der Waals surface area contributed by atoms with Crippen molar-refractivity contribution in [1.29, 1.82) is 0 Å². The summed E-state index contributed by atoms with van der Waals surface area (Å²) in [6, 6.07) is 0. The minimum atomic E-state index is -1.26. The highest BCUT2D eigenvalue weighted by Crippen LogP contribution is 2.25. The third-order valence-electron chi connectivity index (χ3n) is 3.49. The highest BCUT2D eigenvalue weighted by Gasteiger charge is 2.34. The smallest absolute Gasteiger partial charge is 0.216 e. The molecule has 1 aromatic heterocycles. The van der Waals surface area contributed by atoms with E-state index in [9.17, 15) is 9.18 Å². The lowest BCUT2D eigenvalue weighted by molar-refractivity contribution is -0.119. The molecule has 7 heteroatoms. The molecule has 1 amide bonds. The van der Waals surface area contributed by atoms with Gasteiger partial charge < -0.3 is 10.2 Å². The predicted molar refractivity (Wildman–Crippen MR) is 68.2 cm³/mol. The summed E-state index contributed by atoms with van der Waals surface area (Å²) in [4.78, 5) is 14.7. The molecule has 0 atom stereocenters. The van der Waals surface area contributed by atoms with Crippen LogP contribution in [0.15, 0.2) is 12.4 Å². The Morgan fingerprint density at radius 2 is 1.95 bits per heavy atom. The molecule has 0 bridgehead atoms. The van der Waals surface area contributed by atoms with Crippen molar-refractivity contribution in [2.45, 2.75) is 32.0 Å². The number of likely N-dealkylation sites (tertiary alicyclic amines) is 1. The molecule has 2 heterocycles. The first-order valence-electron chi connectivity index (χ1n) is 6.57. The summed E-state index contributed by atoms with van der Waals surface area (Å²) in [5, 5.41) is 10.6. The monoisotopic (exact) mass is 269 g/mol. The van der Waals surface area contributed by atoms with Crippen LogP contribution in [0.25, 0.3) is 0 Å². The van der Waals surface area contributed by atoms with E-state index in [4.69, 9.17) is 0 Å². The molecule has 0 aromatic carbocycles. The highest BCUT2D eigenvalue weighted by molar-refractivity contribution is 5.72. The predicted octanol–water partition coefficient (Wildman–Crippen LogP) is 0.218. The van der Waals surface area contributed by atoms with E-state index in [0.29, 0.717) is 25.9 Å². The lowest BCUT2D eigenvalue weighted by atomic mass is 9.93. The molecule has 1 N–H and O–H groups in total. The molecule has 6 nitrogen and oxygen atoms in total. The number of aromatic nitrogens is 3. The number of carbonyl (C=O) groups excluding carboxylic acids is 1. The second kappa shape index (κ2) is 6.10. The van der Waals surface area contributed by atoms with E-state index in [0.717, 1.165) is 13.1 Å². The number of halogens is 1. The normalized spacial score (nSPS) is 19.3. The van der Waals surface area contributed by atoms with Crippen molar-refractivity contribution in [1.82, 2.24) is 25.2 Å². The maximum absolute atomic E-state index is 14.3. The Morgan fingerprint density at radius 3 is 2.53 bits per heavy atom. The third kappa shape index (κ3) is 4.27. The van der Waals surface area contributed by atoms with Crippen LogP contribution in [0, 0.1) is 0 Å².